The van der Waals surface area contributed by atoms with Gasteiger partial charge in [0, 0.05) is 6.42 Å². The molecule has 16 heavy (non-hydrogen) atoms. The second-order valence-corrected chi connectivity index (χ2v) is 3.88. The summed E-state index contributed by atoms with van der Waals surface area (Å²) in [7, 11) is 0. The molecule has 1 rings (SSSR count). The number of aliphatic hydroxyl groups excluding tert-OH is 1. The molecule has 0 amide bonds. The van der Waals surface area contributed by atoms with Gasteiger partial charge in [-0.2, -0.15) is 0 Å². The Morgan fingerprint density at radius 3 is 2.69 bits per heavy atom. The average molecular weight is 226 g/mol. The third kappa shape index (κ3) is 4.98. The molecule has 0 fully saturated rings. The minimum atomic E-state index is -0.740. The number of hydrogen-bond donors (Lipinski definition) is 2. The number of carbonyl (C=O) groups is 1. The molecular weight excluding hydrogens is 208 g/mol. The summed E-state index contributed by atoms with van der Waals surface area (Å²) >= 11 is 0. The van der Waals surface area contributed by atoms with Crippen molar-refractivity contribution in [3.05, 3.63) is 24.2 Å². The molecular formula is C12H18O4. The van der Waals surface area contributed by atoms with Crippen LogP contribution in [0, 0.1) is 0 Å². The number of aliphatic carboxylic acids is 1. The van der Waals surface area contributed by atoms with Crippen LogP contribution in [0.1, 0.15) is 50.4 Å². The van der Waals surface area contributed by atoms with E-state index in [4.69, 9.17) is 9.52 Å². The SMILES string of the molecule is O=C(O)CCCCCC[C@@H](O)c1ccco1. The smallest absolute Gasteiger partial charge is 0.303 e. The van der Waals surface area contributed by atoms with Crippen LogP contribution in [0.15, 0.2) is 22.8 Å². The predicted octanol–water partition coefficient (Wildman–Crippen LogP) is 2.74. The van der Waals surface area contributed by atoms with Gasteiger partial charge in [-0.3, -0.25) is 4.79 Å². The van der Waals surface area contributed by atoms with E-state index in [1.807, 2.05) is 0 Å². The maximum absolute atomic E-state index is 10.2. The lowest BCUT2D eigenvalue weighted by Gasteiger charge is -2.06. The molecule has 2 N–H and O–H groups in total. The summed E-state index contributed by atoms with van der Waals surface area (Å²) in [4.78, 5) is 10.2. The molecule has 0 bridgehead atoms. The van der Waals surface area contributed by atoms with Crippen molar-refractivity contribution in [2.75, 3.05) is 0 Å². The topological polar surface area (TPSA) is 70.7 Å². The number of furan rings is 1. The van der Waals surface area contributed by atoms with Crippen LogP contribution in [0.5, 0.6) is 0 Å². The van der Waals surface area contributed by atoms with Gasteiger partial charge in [-0.25, -0.2) is 0 Å². The minimum absolute atomic E-state index is 0.237. The zero-order valence-electron chi connectivity index (χ0n) is 9.26. The summed E-state index contributed by atoms with van der Waals surface area (Å²) in [5.74, 6) is -0.138. The van der Waals surface area contributed by atoms with Crippen LogP contribution in [0.2, 0.25) is 0 Å². The Kier molecular flexibility index (Phi) is 5.64. The van der Waals surface area contributed by atoms with Crippen LogP contribution in [0.3, 0.4) is 0 Å². The van der Waals surface area contributed by atoms with Crippen LogP contribution in [-0.4, -0.2) is 16.2 Å². The van der Waals surface area contributed by atoms with E-state index in [0.29, 0.717) is 18.6 Å². The lowest BCUT2D eigenvalue weighted by molar-refractivity contribution is -0.137. The zero-order valence-corrected chi connectivity index (χ0v) is 9.26. The molecule has 0 radical (unpaired) electrons. The average Bonchev–Trinajstić information content (AvgIpc) is 2.75. The lowest BCUT2D eigenvalue weighted by Crippen LogP contribution is -1.96. The molecule has 0 saturated heterocycles. The van der Waals surface area contributed by atoms with Crippen molar-refractivity contribution < 1.29 is 19.4 Å². The van der Waals surface area contributed by atoms with Gasteiger partial charge in [0.1, 0.15) is 11.9 Å². The summed E-state index contributed by atoms with van der Waals surface area (Å²) in [5.41, 5.74) is 0. The number of carboxylic acids is 1. The van der Waals surface area contributed by atoms with E-state index in [1.54, 1.807) is 18.4 Å². The monoisotopic (exact) mass is 226 g/mol. The highest BCUT2D eigenvalue weighted by Crippen LogP contribution is 2.20. The van der Waals surface area contributed by atoms with Crippen molar-refractivity contribution in [2.45, 2.75) is 44.6 Å². The van der Waals surface area contributed by atoms with Gasteiger partial charge in [0.25, 0.3) is 0 Å². The lowest BCUT2D eigenvalue weighted by atomic mass is 10.1. The van der Waals surface area contributed by atoms with Gasteiger partial charge in [-0.15, -0.1) is 0 Å². The zero-order chi connectivity index (χ0) is 11.8. The Labute approximate surface area is 94.9 Å². The third-order valence-corrected chi connectivity index (χ3v) is 2.49. The molecule has 0 aliphatic carbocycles. The van der Waals surface area contributed by atoms with E-state index >= 15 is 0 Å². The number of unbranched alkanes of at least 4 members (excludes halogenated alkanes) is 3. The predicted molar refractivity (Wildman–Crippen MR) is 59.0 cm³/mol. The molecule has 0 spiro atoms. The van der Waals surface area contributed by atoms with Crippen LogP contribution >= 0.6 is 0 Å². The first kappa shape index (κ1) is 12.8. The quantitative estimate of drug-likeness (QED) is 0.668. The van der Waals surface area contributed by atoms with Gasteiger partial charge in [-0.1, -0.05) is 19.3 Å². The molecule has 0 saturated carbocycles. The molecule has 4 nitrogen and oxygen atoms in total. The Balaban J connectivity index is 2.01. The number of rotatable bonds is 8. The van der Waals surface area contributed by atoms with E-state index in [1.165, 1.54) is 0 Å². The molecule has 90 valence electrons. The number of hydrogen-bond acceptors (Lipinski definition) is 3. The standard InChI is InChI=1S/C12H18O4/c13-10(11-7-5-9-16-11)6-3-1-2-4-8-12(14)15/h5,7,9-10,13H,1-4,6,8H2,(H,14,15)/t10-/m1/s1. The molecule has 0 aromatic carbocycles. The number of aliphatic hydroxyl groups is 1. The van der Waals surface area contributed by atoms with E-state index in [2.05, 4.69) is 0 Å². The summed E-state index contributed by atoms with van der Waals surface area (Å²) in [6.45, 7) is 0. The van der Waals surface area contributed by atoms with E-state index in [0.717, 1.165) is 19.3 Å². The Bertz CT molecular complexity index is 292. The van der Waals surface area contributed by atoms with Gasteiger partial charge < -0.3 is 14.6 Å². The van der Waals surface area contributed by atoms with Crippen LogP contribution in [-0.2, 0) is 4.79 Å². The molecule has 0 aliphatic rings. The van der Waals surface area contributed by atoms with Gasteiger partial charge in [0.15, 0.2) is 0 Å². The van der Waals surface area contributed by atoms with Crippen LogP contribution < -0.4 is 0 Å². The number of carboxylic acid groups (broad SMARTS) is 1. The molecule has 0 unspecified atom stereocenters. The first-order valence-electron chi connectivity index (χ1n) is 5.63. The van der Waals surface area contributed by atoms with Gasteiger partial charge in [-0.05, 0) is 25.0 Å². The summed E-state index contributed by atoms with van der Waals surface area (Å²) < 4.78 is 5.08. The van der Waals surface area contributed by atoms with E-state index in [-0.39, 0.29) is 6.42 Å². The highest BCUT2D eigenvalue weighted by molar-refractivity contribution is 5.66. The normalized spacial score (nSPS) is 12.6. The van der Waals surface area contributed by atoms with Crippen molar-refractivity contribution in [2.24, 2.45) is 0 Å². The second-order valence-electron chi connectivity index (χ2n) is 3.88. The fourth-order valence-electron chi connectivity index (χ4n) is 1.59. The van der Waals surface area contributed by atoms with E-state index < -0.39 is 12.1 Å². The molecule has 1 atom stereocenters. The molecule has 1 aromatic heterocycles. The first-order valence-corrected chi connectivity index (χ1v) is 5.63. The second kappa shape index (κ2) is 7.06. The highest BCUT2D eigenvalue weighted by atomic mass is 16.4. The third-order valence-electron chi connectivity index (χ3n) is 2.49. The molecule has 1 aromatic rings. The van der Waals surface area contributed by atoms with Crippen LogP contribution in [0.25, 0.3) is 0 Å². The largest absolute Gasteiger partial charge is 0.481 e. The van der Waals surface area contributed by atoms with Gasteiger partial charge in [0.2, 0.25) is 0 Å². The van der Waals surface area contributed by atoms with Crippen molar-refractivity contribution >= 4 is 5.97 Å². The minimum Gasteiger partial charge on any atom is -0.481 e. The van der Waals surface area contributed by atoms with Crippen molar-refractivity contribution in [3.63, 3.8) is 0 Å². The first-order chi connectivity index (χ1) is 7.70. The Morgan fingerprint density at radius 1 is 1.31 bits per heavy atom. The Hall–Kier alpha value is -1.29. The van der Waals surface area contributed by atoms with Gasteiger partial charge in [0.05, 0.1) is 6.26 Å². The van der Waals surface area contributed by atoms with Crippen molar-refractivity contribution in [1.29, 1.82) is 0 Å². The highest BCUT2D eigenvalue weighted by Gasteiger charge is 2.09. The Morgan fingerprint density at radius 2 is 2.06 bits per heavy atom. The summed E-state index contributed by atoms with van der Waals surface area (Å²) in [6, 6.07) is 3.51. The van der Waals surface area contributed by atoms with Crippen LogP contribution in [0.4, 0.5) is 0 Å². The summed E-state index contributed by atoms with van der Waals surface area (Å²) in [5, 5.41) is 18.1. The summed E-state index contributed by atoms with van der Waals surface area (Å²) in [6.07, 6.45) is 5.37. The molecule has 4 heteroatoms. The fraction of sp³-hybridized carbons (Fsp3) is 0.583. The fourth-order valence-corrected chi connectivity index (χ4v) is 1.59. The molecule has 1 heterocycles. The van der Waals surface area contributed by atoms with Gasteiger partial charge >= 0.3 is 5.97 Å². The van der Waals surface area contributed by atoms with E-state index in [9.17, 15) is 9.90 Å². The maximum Gasteiger partial charge on any atom is 0.303 e. The molecule has 0 aliphatic heterocycles. The van der Waals surface area contributed by atoms with Crippen molar-refractivity contribution in [3.8, 4) is 0 Å². The maximum atomic E-state index is 10.2. The van der Waals surface area contributed by atoms with Crippen molar-refractivity contribution in [1.82, 2.24) is 0 Å².